The third kappa shape index (κ3) is 1.83. The summed E-state index contributed by atoms with van der Waals surface area (Å²) >= 11 is 0. The predicted molar refractivity (Wildman–Crippen MR) is 68.0 cm³/mol. The van der Waals surface area contributed by atoms with E-state index in [9.17, 15) is 0 Å². The van der Waals surface area contributed by atoms with Crippen LogP contribution in [0.1, 0.15) is 65.1 Å². The van der Waals surface area contributed by atoms with Crippen LogP contribution in [0.4, 0.5) is 5.82 Å². The van der Waals surface area contributed by atoms with Crippen molar-refractivity contribution in [1.82, 2.24) is 10.2 Å². The van der Waals surface area contributed by atoms with E-state index in [1.807, 2.05) is 0 Å². The van der Waals surface area contributed by atoms with Crippen LogP contribution in [0, 0.1) is 0 Å². The molecule has 3 heteroatoms. The monoisotopic (exact) mass is 221 g/mol. The molecular formula is C13H23N3. The van der Waals surface area contributed by atoms with Gasteiger partial charge in [-0.2, -0.15) is 5.10 Å². The second-order valence-electron chi connectivity index (χ2n) is 6.72. The molecule has 0 amide bonds. The number of rotatable bonds is 1. The van der Waals surface area contributed by atoms with Crippen molar-refractivity contribution < 1.29 is 0 Å². The maximum atomic E-state index is 4.43. The lowest BCUT2D eigenvalue weighted by Gasteiger charge is -2.25. The van der Waals surface area contributed by atoms with Gasteiger partial charge in [-0.15, -0.1) is 0 Å². The Bertz CT molecular complexity index is 396. The Morgan fingerprint density at radius 1 is 1.38 bits per heavy atom. The summed E-state index contributed by atoms with van der Waals surface area (Å²) in [5.41, 5.74) is 2.99. The topological polar surface area (TPSA) is 40.7 Å². The second-order valence-corrected chi connectivity index (χ2v) is 6.72. The van der Waals surface area contributed by atoms with E-state index in [1.165, 1.54) is 17.7 Å². The molecule has 1 aliphatic carbocycles. The van der Waals surface area contributed by atoms with E-state index in [-0.39, 0.29) is 11.0 Å². The molecule has 1 aromatic heterocycles. The number of hydrogen-bond acceptors (Lipinski definition) is 2. The highest BCUT2D eigenvalue weighted by molar-refractivity contribution is 5.55. The van der Waals surface area contributed by atoms with Crippen LogP contribution < -0.4 is 5.32 Å². The van der Waals surface area contributed by atoms with Gasteiger partial charge in [0.25, 0.3) is 0 Å². The number of fused-ring (bicyclic) bond motifs is 1. The van der Waals surface area contributed by atoms with Crippen molar-refractivity contribution in [2.75, 3.05) is 5.32 Å². The molecule has 0 bridgehead atoms. The maximum Gasteiger partial charge on any atom is 0.152 e. The number of aromatic nitrogens is 2. The van der Waals surface area contributed by atoms with Crippen LogP contribution >= 0.6 is 0 Å². The van der Waals surface area contributed by atoms with Crippen LogP contribution in [0.3, 0.4) is 0 Å². The fourth-order valence-corrected chi connectivity index (χ4v) is 2.81. The Hall–Kier alpha value is -0.990. The molecule has 0 spiro atoms. The molecule has 1 unspecified atom stereocenters. The Labute approximate surface area is 98.0 Å². The number of nitrogens with one attached hydrogen (secondary N) is 2. The average Bonchev–Trinajstić information content (AvgIpc) is 2.52. The van der Waals surface area contributed by atoms with Gasteiger partial charge < -0.3 is 5.32 Å². The molecule has 0 saturated heterocycles. The van der Waals surface area contributed by atoms with E-state index >= 15 is 0 Å². The van der Waals surface area contributed by atoms with Gasteiger partial charge in [-0.3, -0.25) is 5.10 Å². The SMILES string of the molecule is CC1CC(C)(C)c2c(NC(C)(C)C)n[nH]c21. The van der Waals surface area contributed by atoms with Crippen molar-refractivity contribution in [3.8, 4) is 0 Å². The summed E-state index contributed by atoms with van der Waals surface area (Å²) in [4.78, 5) is 0. The van der Waals surface area contributed by atoms with E-state index < -0.39 is 0 Å². The van der Waals surface area contributed by atoms with Gasteiger partial charge in [-0.1, -0.05) is 20.8 Å². The van der Waals surface area contributed by atoms with Gasteiger partial charge in [0.1, 0.15) is 0 Å². The summed E-state index contributed by atoms with van der Waals surface area (Å²) in [5.74, 6) is 1.63. The van der Waals surface area contributed by atoms with Crippen LogP contribution in [-0.2, 0) is 5.41 Å². The third-order valence-corrected chi connectivity index (χ3v) is 3.27. The van der Waals surface area contributed by atoms with Gasteiger partial charge in [0.15, 0.2) is 5.82 Å². The van der Waals surface area contributed by atoms with Crippen molar-refractivity contribution in [1.29, 1.82) is 0 Å². The van der Waals surface area contributed by atoms with Gasteiger partial charge >= 0.3 is 0 Å². The number of H-pyrrole nitrogens is 1. The summed E-state index contributed by atoms with van der Waals surface area (Å²) in [6.45, 7) is 13.4. The Morgan fingerprint density at radius 3 is 2.56 bits per heavy atom. The quantitative estimate of drug-likeness (QED) is 0.763. The minimum absolute atomic E-state index is 0.0604. The minimum Gasteiger partial charge on any atom is -0.364 e. The molecule has 0 aromatic carbocycles. The predicted octanol–water partition coefficient (Wildman–Crippen LogP) is 3.40. The van der Waals surface area contributed by atoms with Crippen LogP contribution in [-0.4, -0.2) is 15.7 Å². The van der Waals surface area contributed by atoms with Crippen molar-refractivity contribution in [3.05, 3.63) is 11.3 Å². The first-order chi connectivity index (χ1) is 7.21. The number of hydrogen-bond donors (Lipinski definition) is 2. The normalized spacial score (nSPS) is 23.2. The molecule has 0 radical (unpaired) electrons. The second kappa shape index (κ2) is 3.25. The zero-order chi connectivity index (χ0) is 12.1. The zero-order valence-electron chi connectivity index (χ0n) is 11.2. The Morgan fingerprint density at radius 2 is 2.00 bits per heavy atom. The molecule has 0 fully saturated rings. The Balaban J connectivity index is 2.41. The smallest absolute Gasteiger partial charge is 0.152 e. The molecule has 1 heterocycles. The van der Waals surface area contributed by atoms with E-state index in [1.54, 1.807) is 0 Å². The number of aromatic amines is 1. The van der Waals surface area contributed by atoms with Gasteiger partial charge in [-0.05, 0) is 38.5 Å². The number of nitrogens with zero attached hydrogens (tertiary/aromatic N) is 1. The molecule has 2 rings (SSSR count). The molecule has 1 atom stereocenters. The molecule has 16 heavy (non-hydrogen) atoms. The van der Waals surface area contributed by atoms with Crippen LogP contribution in [0.2, 0.25) is 0 Å². The summed E-state index contributed by atoms with van der Waals surface area (Å²) in [7, 11) is 0. The first kappa shape index (κ1) is 11.5. The van der Waals surface area contributed by atoms with E-state index in [0.717, 1.165) is 5.82 Å². The van der Waals surface area contributed by atoms with Crippen molar-refractivity contribution in [2.24, 2.45) is 0 Å². The van der Waals surface area contributed by atoms with Gasteiger partial charge in [0, 0.05) is 16.8 Å². The van der Waals surface area contributed by atoms with Gasteiger partial charge in [0.2, 0.25) is 0 Å². The highest BCUT2D eigenvalue weighted by Crippen LogP contribution is 2.47. The molecule has 0 saturated carbocycles. The molecule has 90 valence electrons. The fraction of sp³-hybridized carbons (Fsp3) is 0.769. The average molecular weight is 221 g/mol. The third-order valence-electron chi connectivity index (χ3n) is 3.27. The van der Waals surface area contributed by atoms with E-state index in [2.05, 4.69) is 57.1 Å². The van der Waals surface area contributed by atoms with Gasteiger partial charge in [0.05, 0.1) is 0 Å². The molecule has 0 aliphatic heterocycles. The summed E-state index contributed by atoms with van der Waals surface area (Å²) in [5, 5.41) is 11.1. The van der Waals surface area contributed by atoms with E-state index in [0.29, 0.717) is 5.92 Å². The van der Waals surface area contributed by atoms with Crippen LogP contribution in [0.5, 0.6) is 0 Å². The largest absolute Gasteiger partial charge is 0.364 e. The lowest BCUT2D eigenvalue weighted by molar-refractivity contribution is 0.484. The van der Waals surface area contributed by atoms with Crippen molar-refractivity contribution in [3.63, 3.8) is 0 Å². The highest BCUT2D eigenvalue weighted by Gasteiger charge is 2.39. The lowest BCUT2D eigenvalue weighted by atomic mass is 9.86. The maximum absolute atomic E-state index is 4.43. The van der Waals surface area contributed by atoms with Gasteiger partial charge in [-0.25, -0.2) is 0 Å². The van der Waals surface area contributed by atoms with Crippen molar-refractivity contribution >= 4 is 5.82 Å². The summed E-state index contributed by atoms with van der Waals surface area (Å²) < 4.78 is 0. The molecule has 1 aromatic rings. The highest BCUT2D eigenvalue weighted by atomic mass is 15.2. The lowest BCUT2D eigenvalue weighted by Crippen LogP contribution is -2.28. The molecule has 3 nitrogen and oxygen atoms in total. The Kier molecular flexibility index (Phi) is 2.34. The van der Waals surface area contributed by atoms with E-state index in [4.69, 9.17) is 0 Å². The number of anilines is 1. The first-order valence-electron chi connectivity index (χ1n) is 6.08. The minimum atomic E-state index is 0.0604. The first-order valence-corrected chi connectivity index (χ1v) is 6.08. The van der Waals surface area contributed by atoms with Crippen molar-refractivity contribution in [2.45, 2.75) is 64.8 Å². The standard InChI is InChI=1S/C13H23N3/c1-8-7-13(5,6)9-10(8)15-16-11(9)14-12(2,3)4/h8H,7H2,1-6H3,(H2,14,15,16). The van der Waals surface area contributed by atoms with Crippen LogP contribution in [0.15, 0.2) is 0 Å². The fourth-order valence-electron chi connectivity index (χ4n) is 2.81. The summed E-state index contributed by atoms with van der Waals surface area (Å²) in [6, 6.07) is 0. The molecule has 1 aliphatic rings. The molecule has 2 N–H and O–H groups in total. The van der Waals surface area contributed by atoms with Crippen LogP contribution in [0.25, 0.3) is 0 Å². The zero-order valence-corrected chi connectivity index (χ0v) is 11.2. The summed E-state index contributed by atoms with van der Waals surface area (Å²) in [6.07, 6.45) is 1.20. The molecular weight excluding hydrogens is 198 g/mol.